The van der Waals surface area contributed by atoms with Gasteiger partial charge in [0.2, 0.25) is 11.6 Å². The quantitative estimate of drug-likeness (QED) is 0.411. The monoisotopic (exact) mass is 439 g/mol. The second-order valence-corrected chi connectivity index (χ2v) is 7.44. The van der Waals surface area contributed by atoms with E-state index in [-0.39, 0.29) is 17.3 Å². The van der Waals surface area contributed by atoms with Gasteiger partial charge in [-0.2, -0.15) is 9.78 Å². The maximum absolute atomic E-state index is 12.9. The lowest BCUT2D eigenvalue weighted by Gasteiger charge is -2.20. The number of rotatable bonds is 7. The molecule has 1 amide bonds. The molecule has 0 atom stereocenters. The van der Waals surface area contributed by atoms with Crippen LogP contribution in [0.1, 0.15) is 47.4 Å². The number of hydrogen-bond donors (Lipinski definition) is 2. The highest BCUT2D eigenvalue weighted by atomic mass is 16.6. The number of methoxy groups -OCH3 is 1. The number of hydrogen-bond acceptors (Lipinski definition) is 10. The van der Waals surface area contributed by atoms with Gasteiger partial charge in [-0.05, 0) is 53.9 Å². The number of carbonyl (C=O) groups is 1. The molecule has 0 radical (unpaired) electrons. The average Bonchev–Trinajstić information content (AvgIpc) is 3.31. The molecule has 0 aliphatic carbocycles. The predicted molar refractivity (Wildman–Crippen MR) is 115 cm³/mol. The second kappa shape index (κ2) is 10.0. The van der Waals surface area contributed by atoms with E-state index in [1.54, 1.807) is 13.2 Å². The number of nitrogens with one attached hydrogen (secondary N) is 1. The van der Waals surface area contributed by atoms with E-state index in [4.69, 9.17) is 15.1 Å². The highest BCUT2D eigenvalue weighted by Crippen LogP contribution is 2.19. The van der Waals surface area contributed by atoms with Crippen LogP contribution < -0.4 is 15.9 Å². The summed E-state index contributed by atoms with van der Waals surface area (Å²) in [6.07, 6.45) is 6.11. The van der Waals surface area contributed by atoms with Crippen LogP contribution in [0.3, 0.4) is 0 Å². The Morgan fingerprint density at radius 2 is 2.09 bits per heavy atom. The molecule has 32 heavy (non-hydrogen) atoms. The van der Waals surface area contributed by atoms with Gasteiger partial charge < -0.3 is 10.5 Å². The van der Waals surface area contributed by atoms with Crippen LogP contribution in [0.15, 0.2) is 34.0 Å². The van der Waals surface area contributed by atoms with Crippen LogP contribution in [0, 0.1) is 0 Å². The fourth-order valence-corrected chi connectivity index (χ4v) is 3.57. The molecule has 0 unspecified atom stereocenters. The number of amides is 1. The number of carbonyl (C=O) groups excluding carboxylic acids is 1. The van der Waals surface area contributed by atoms with Gasteiger partial charge in [0.25, 0.3) is 5.91 Å². The van der Waals surface area contributed by atoms with E-state index >= 15 is 0 Å². The first-order chi connectivity index (χ1) is 15.7. The van der Waals surface area contributed by atoms with E-state index in [1.807, 2.05) is 18.2 Å². The van der Waals surface area contributed by atoms with E-state index in [9.17, 15) is 4.79 Å². The molecule has 1 aliphatic heterocycles. The van der Waals surface area contributed by atoms with Gasteiger partial charge in [0, 0.05) is 6.54 Å². The van der Waals surface area contributed by atoms with Crippen LogP contribution in [0.4, 0.5) is 5.82 Å². The summed E-state index contributed by atoms with van der Waals surface area (Å²) in [5.74, 6) is 0.466. The third-order valence-corrected chi connectivity index (χ3v) is 5.22. The SMILES string of the molecule is COc1cccc(/C=N\NC(=O)c2nnn(-c3nonc3N)c2CN2CCCCCC2)c1. The predicted octanol–water partition coefficient (Wildman–Crippen LogP) is 1.38. The fraction of sp³-hybridized carbons (Fsp3) is 0.400. The Morgan fingerprint density at radius 3 is 2.81 bits per heavy atom. The molecule has 1 saturated heterocycles. The summed E-state index contributed by atoms with van der Waals surface area (Å²) in [5.41, 5.74) is 9.82. The average molecular weight is 439 g/mol. The molecule has 3 aromatic rings. The van der Waals surface area contributed by atoms with E-state index in [0.29, 0.717) is 18.0 Å². The third kappa shape index (κ3) is 4.91. The molecule has 12 heteroatoms. The highest BCUT2D eigenvalue weighted by molar-refractivity contribution is 5.94. The minimum atomic E-state index is -0.491. The van der Waals surface area contributed by atoms with Crippen LogP contribution in [-0.2, 0) is 6.54 Å². The Kier molecular flexibility index (Phi) is 6.70. The molecule has 1 fully saturated rings. The zero-order chi connectivity index (χ0) is 22.3. The molecular formula is C20H25N9O3. The smallest absolute Gasteiger partial charge is 0.293 e. The number of nitrogen functional groups attached to an aromatic ring is 1. The summed E-state index contributed by atoms with van der Waals surface area (Å²) in [6.45, 7) is 2.31. The molecule has 4 rings (SSSR count). The second-order valence-electron chi connectivity index (χ2n) is 7.44. The lowest BCUT2D eigenvalue weighted by molar-refractivity contribution is 0.0948. The summed E-state index contributed by atoms with van der Waals surface area (Å²) in [7, 11) is 1.59. The summed E-state index contributed by atoms with van der Waals surface area (Å²) < 4.78 is 11.3. The Balaban J connectivity index is 1.56. The summed E-state index contributed by atoms with van der Waals surface area (Å²) in [5, 5.41) is 19.6. The molecule has 0 bridgehead atoms. The number of nitrogens with zero attached hydrogens (tertiary/aromatic N) is 7. The first-order valence-corrected chi connectivity index (χ1v) is 10.4. The van der Waals surface area contributed by atoms with Gasteiger partial charge in [-0.15, -0.1) is 5.10 Å². The van der Waals surface area contributed by atoms with E-state index < -0.39 is 5.91 Å². The van der Waals surface area contributed by atoms with Crippen molar-refractivity contribution in [2.75, 3.05) is 25.9 Å². The van der Waals surface area contributed by atoms with Crippen molar-refractivity contribution in [1.29, 1.82) is 0 Å². The molecule has 0 spiro atoms. The fourth-order valence-electron chi connectivity index (χ4n) is 3.57. The number of nitrogens with two attached hydrogens (primary N) is 1. The number of ether oxygens (including phenoxy) is 1. The summed E-state index contributed by atoms with van der Waals surface area (Å²) in [4.78, 5) is 15.1. The minimum absolute atomic E-state index is 0.0648. The van der Waals surface area contributed by atoms with Crippen molar-refractivity contribution >= 4 is 17.9 Å². The van der Waals surface area contributed by atoms with Crippen molar-refractivity contribution < 1.29 is 14.2 Å². The molecule has 0 saturated carbocycles. The zero-order valence-corrected chi connectivity index (χ0v) is 17.8. The van der Waals surface area contributed by atoms with Crippen molar-refractivity contribution in [3.63, 3.8) is 0 Å². The van der Waals surface area contributed by atoms with Crippen molar-refractivity contribution in [3.8, 4) is 11.6 Å². The van der Waals surface area contributed by atoms with Gasteiger partial charge in [0.05, 0.1) is 19.0 Å². The van der Waals surface area contributed by atoms with Gasteiger partial charge >= 0.3 is 0 Å². The molecule has 3 heterocycles. The number of benzene rings is 1. The van der Waals surface area contributed by atoms with E-state index in [0.717, 1.165) is 31.5 Å². The van der Waals surface area contributed by atoms with Crippen molar-refractivity contribution in [2.45, 2.75) is 32.2 Å². The van der Waals surface area contributed by atoms with Gasteiger partial charge in [-0.25, -0.2) is 10.1 Å². The van der Waals surface area contributed by atoms with Gasteiger partial charge in [-0.3, -0.25) is 9.69 Å². The van der Waals surface area contributed by atoms with Gasteiger partial charge in [0.15, 0.2) is 5.69 Å². The molecule has 168 valence electrons. The summed E-state index contributed by atoms with van der Waals surface area (Å²) in [6, 6.07) is 7.31. The molecule has 3 N–H and O–H groups in total. The molecule has 2 aromatic heterocycles. The largest absolute Gasteiger partial charge is 0.497 e. The Hall–Kier alpha value is -3.80. The van der Waals surface area contributed by atoms with Gasteiger partial charge in [-0.1, -0.05) is 30.2 Å². The van der Waals surface area contributed by atoms with Crippen LogP contribution in [0.5, 0.6) is 5.75 Å². The maximum Gasteiger partial charge on any atom is 0.293 e. The van der Waals surface area contributed by atoms with E-state index in [1.165, 1.54) is 23.7 Å². The molecule has 1 aliphatic rings. The third-order valence-electron chi connectivity index (χ3n) is 5.22. The summed E-state index contributed by atoms with van der Waals surface area (Å²) >= 11 is 0. The molecule has 12 nitrogen and oxygen atoms in total. The van der Waals surface area contributed by atoms with Crippen LogP contribution in [-0.4, -0.2) is 62.5 Å². The van der Waals surface area contributed by atoms with Gasteiger partial charge in [0.1, 0.15) is 5.75 Å². The zero-order valence-electron chi connectivity index (χ0n) is 17.8. The Bertz CT molecular complexity index is 1080. The minimum Gasteiger partial charge on any atom is -0.497 e. The van der Waals surface area contributed by atoms with Crippen LogP contribution in [0.2, 0.25) is 0 Å². The Labute approximate surface area is 184 Å². The number of hydrazone groups is 1. The first kappa shape index (κ1) is 21.4. The standard InChI is InChI=1S/C20H25N9O3/c1-31-15-8-6-7-14(11-15)12-22-24-20(30)17-16(13-28-9-4-2-3-5-10-28)29(27-23-17)19-18(21)25-32-26-19/h6-8,11-12H,2-5,9-10,13H2,1H3,(H2,21,25)(H,24,30)/b22-12-. The highest BCUT2D eigenvalue weighted by Gasteiger charge is 2.25. The molecule has 1 aromatic carbocycles. The maximum atomic E-state index is 12.9. The lowest BCUT2D eigenvalue weighted by atomic mass is 10.2. The Morgan fingerprint density at radius 1 is 1.28 bits per heavy atom. The van der Waals surface area contributed by atoms with Crippen molar-refractivity contribution in [1.82, 2.24) is 35.6 Å². The molecular weight excluding hydrogens is 414 g/mol. The van der Waals surface area contributed by atoms with Crippen LogP contribution >= 0.6 is 0 Å². The number of aromatic nitrogens is 5. The normalized spacial score (nSPS) is 15.0. The first-order valence-electron chi connectivity index (χ1n) is 10.4. The van der Waals surface area contributed by atoms with Crippen molar-refractivity contribution in [3.05, 3.63) is 41.2 Å². The lowest BCUT2D eigenvalue weighted by Crippen LogP contribution is -2.28. The van der Waals surface area contributed by atoms with Crippen molar-refractivity contribution in [2.24, 2.45) is 5.10 Å². The number of likely N-dealkylation sites (tertiary alicyclic amines) is 1. The topological polar surface area (TPSA) is 150 Å². The number of anilines is 1. The van der Waals surface area contributed by atoms with E-state index in [2.05, 4.69) is 36.1 Å². The van der Waals surface area contributed by atoms with Crippen LogP contribution in [0.25, 0.3) is 5.82 Å².